The number of hydrogen-bond donors (Lipinski definition) is 2. The Bertz CT molecular complexity index is 1660. The van der Waals surface area contributed by atoms with Gasteiger partial charge in [-0.1, -0.05) is 26.0 Å². The molecule has 0 bridgehead atoms. The maximum absolute atomic E-state index is 13.8. The third-order valence-electron chi connectivity index (χ3n) is 9.29. The fourth-order valence-electron chi connectivity index (χ4n) is 6.44. The molecule has 1 aromatic carbocycles. The van der Waals surface area contributed by atoms with Crippen molar-refractivity contribution in [2.75, 3.05) is 20.7 Å². The van der Waals surface area contributed by atoms with Crippen LogP contribution in [0.25, 0.3) is 21.7 Å². The molecule has 5 unspecified atom stereocenters. The van der Waals surface area contributed by atoms with Gasteiger partial charge in [0.25, 0.3) is 0 Å². The number of primary amides is 1. The maximum Gasteiger partial charge on any atom is 0.243 e. The molecule has 5 atom stereocenters. The van der Waals surface area contributed by atoms with Crippen molar-refractivity contribution in [2.45, 2.75) is 69.9 Å². The average Bonchev–Trinajstić information content (AvgIpc) is 3.33. The summed E-state index contributed by atoms with van der Waals surface area (Å²) in [4.78, 5) is 56.2. The Balaban J connectivity index is 1.33. The van der Waals surface area contributed by atoms with E-state index in [4.69, 9.17) is 30.2 Å². The highest BCUT2D eigenvalue weighted by atomic mass is 32.1. The first-order valence-electron chi connectivity index (χ1n) is 15.6. The molecule has 12 heteroatoms. The van der Waals surface area contributed by atoms with Crippen LogP contribution in [0.15, 0.2) is 35.7 Å². The van der Waals surface area contributed by atoms with Crippen LogP contribution in [-0.2, 0) is 14.4 Å². The molecule has 1 aliphatic heterocycles. The Hall–Kier alpha value is -4.06. The van der Waals surface area contributed by atoms with Crippen molar-refractivity contribution in [2.24, 2.45) is 23.5 Å². The Morgan fingerprint density at radius 1 is 1.16 bits per heavy atom. The van der Waals surface area contributed by atoms with Crippen molar-refractivity contribution in [1.82, 2.24) is 25.2 Å². The third kappa shape index (κ3) is 6.12. The average molecular weight is 633 g/mol. The summed E-state index contributed by atoms with van der Waals surface area (Å²) in [6.45, 7) is 4.77. The van der Waals surface area contributed by atoms with Crippen LogP contribution in [0.5, 0.6) is 11.6 Å². The van der Waals surface area contributed by atoms with Crippen molar-refractivity contribution >= 4 is 40.0 Å². The number of nitrogens with one attached hydrogen (secondary N) is 1. The number of methoxy groups -OCH3 is 1. The number of carbonyl (C=O) groups is 3. The summed E-state index contributed by atoms with van der Waals surface area (Å²) in [5.74, 6) is -0.742. The number of hydrogen-bond acceptors (Lipinski definition) is 9. The van der Waals surface area contributed by atoms with Gasteiger partial charge in [0.15, 0.2) is 10.8 Å². The van der Waals surface area contributed by atoms with Crippen molar-refractivity contribution < 1.29 is 23.9 Å². The Labute approximate surface area is 266 Å². The van der Waals surface area contributed by atoms with Crippen molar-refractivity contribution in [1.29, 1.82) is 0 Å². The molecule has 6 rings (SSSR count). The second kappa shape index (κ2) is 12.4. The van der Waals surface area contributed by atoms with Crippen LogP contribution in [0.4, 0.5) is 0 Å². The molecule has 0 spiro atoms. The number of amides is 3. The van der Waals surface area contributed by atoms with Gasteiger partial charge in [-0.25, -0.2) is 9.97 Å². The lowest BCUT2D eigenvalue weighted by Crippen LogP contribution is -2.51. The number of benzene rings is 1. The van der Waals surface area contributed by atoms with E-state index in [2.05, 4.69) is 19.2 Å². The first-order valence-corrected chi connectivity index (χ1v) is 16.5. The lowest BCUT2D eigenvalue weighted by Gasteiger charge is -2.26. The predicted octanol–water partition coefficient (Wildman–Crippen LogP) is 4.22. The van der Waals surface area contributed by atoms with Gasteiger partial charge in [-0.3, -0.25) is 14.4 Å². The fraction of sp³-hybridized carbons (Fsp3) is 0.515. The fourth-order valence-corrected chi connectivity index (χ4v) is 7.35. The summed E-state index contributed by atoms with van der Waals surface area (Å²) in [7, 11) is 3.38. The van der Waals surface area contributed by atoms with Gasteiger partial charge in [0.05, 0.1) is 35.5 Å². The number of nitrogens with zero attached hydrogens (tertiary/aromatic N) is 4. The lowest BCUT2D eigenvalue weighted by atomic mass is 9.93. The smallest absolute Gasteiger partial charge is 0.243 e. The zero-order valence-corrected chi connectivity index (χ0v) is 26.9. The van der Waals surface area contributed by atoms with Gasteiger partial charge in [0, 0.05) is 31.0 Å². The van der Waals surface area contributed by atoms with Crippen molar-refractivity contribution in [3.8, 4) is 22.5 Å². The minimum absolute atomic E-state index is 0.101. The number of carbonyl (C=O) groups excluding carboxylic acids is 3. The summed E-state index contributed by atoms with van der Waals surface area (Å²) >= 11 is 1.47. The van der Waals surface area contributed by atoms with E-state index in [0.29, 0.717) is 52.8 Å². The van der Waals surface area contributed by atoms with E-state index in [1.54, 1.807) is 19.1 Å². The van der Waals surface area contributed by atoms with Gasteiger partial charge in [0.2, 0.25) is 23.6 Å². The number of allylic oxidation sites excluding steroid dienone is 1. The van der Waals surface area contributed by atoms with Crippen molar-refractivity contribution in [3.05, 3.63) is 41.4 Å². The maximum atomic E-state index is 13.8. The molecule has 11 nitrogen and oxygen atoms in total. The number of rotatable bonds is 6. The first-order chi connectivity index (χ1) is 21.6. The molecule has 3 N–H and O–H groups in total. The van der Waals surface area contributed by atoms with Gasteiger partial charge < -0.3 is 25.4 Å². The largest absolute Gasteiger partial charge is 0.497 e. The minimum Gasteiger partial charge on any atom is -0.497 e. The van der Waals surface area contributed by atoms with Gasteiger partial charge in [-0.15, -0.1) is 11.3 Å². The summed E-state index contributed by atoms with van der Waals surface area (Å²) < 4.78 is 12.0. The first kappa shape index (κ1) is 30.9. The molecule has 3 aliphatic rings. The SMILES string of the molecule is COc1ccc2c(OC3CC4C(=O)NC5(C(N)=O)CC5C=CCCCCN(C)C(=O)C4C3)nc(-c3nc(C(C)C)cs3)nc2c1. The van der Waals surface area contributed by atoms with Crippen LogP contribution in [0, 0.1) is 17.8 Å². The van der Waals surface area contributed by atoms with E-state index in [-0.39, 0.29) is 30.1 Å². The summed E-state index contributed by atoms with van der Waals surface area (Å²) in [6.07, 6.45) is 7.24. The van der Waals surface area contributed by atoms with Gasteiger partial charge in [-0.05, 0) is 56.6 Å². The van der Waals surface area contributed by atoms with E-state index >= 15 is 0 Å². The highest BCUT2D eigenvalue weighted by Crippen LogP contribution is 2.46. The topological polar surface area (TPSA) is 150 Å². The number of fused-ring (bicyclic) bond motifs is 3. The monoisotopic (exact) mass is 632 g/mol. The predicted molar refractivity (Wildman–Crippen MR) is 171 cm³/mol. The number of thiazole rings is 1. The van der Waals surface area contributed by atoms with Crippen LogP contribution in [0.2, 0.25) is 0 Å². The normalized spacial score (nSPS) is 27.1. The zero-order chi connectivity index (χ0) is 31.9. The van der Waals surface area contributed by atoms with Gasteiger partial charge in [0.1, 0.15) is 17.4 Å². The van der Waals surface area contributed by atoms with E-state index < -0.39 is 29.4 Å². The molecule has 3 heterocycles. The Morgan fingerprint density at radius 2 is 1.96 bits per heavy atom. The molecular formula is C33H40N6O5S. The summed E-state index contributed by atoms with van der Waals surface area (Å²) in [5, 5.41) is 6.33. The summed E-state index contributed by atoms with van der Waals surface area (Å²) in [5.41, 5.74) is 6.27. The highest BCUT2D eigenvalue weighted by Gasteiger charge is 2.60. The minimum atomic E-state index is -1.12. The number of aromatic nitrogens is 3. The molecule has 3 aromatic rings. The van der Waals surface area contributed by atoms with Crippen LogP contribution < -0.4 is 20.5 Å². The molecule has 2 aromatic heterocycles. The molecule has 2 fully saturated rings. The van der Waals surface area contributed by atoms with Gasteiger partial charge in [-0.2, -0.15) is 4.98 Å². The number of ether oxygens (including phenoxy) is 2. The second-order valence-electron chi connectivity index (χ2n) is 12.7. The lowest BCUT2D eigenvalue weighted by molar-refractivity contribution is -0.140. The molecule has 238 valence electrons. The molecule has 2 saturated carbocycles. The van der Waals surface area contributed by atoms with Crippen molar-refractivity contribution in [3.63, 3.8) is 0 Å². The standard InChI is InChI=1S/C33H40N6O5S/c1-18(2)26-17-45-30(36-26)27-35-25-15-20(43-4)10-11-22(25)29(37-27)44-21-13-23-24(14-21)31(41)39(3)12-8-6-5-7-9-19-16-33(19,32(34)42)38-28(23)40/h7,9-11,15,17-19,21,23-24H,5-6,8,12-14,16H2,1-4H3,(H2,34,42)(H,38,40). The Morgan fingerprint density at radius 3 is 2.69 bits per heavy atom. The highest BCUT2D eigenvalue weighted by molar-refractivity contribution is 7.13. The van der Waals surface area contributed by atoms with Gasteiger partial charge >= 0.3 is 0 Å². The van der Waals surface area contributed by atoms with Crippen LogP contribution in [-0.4, -0.2) is 69.9 Å². The van der Waals surface area contributed by atoms with Crippen LogP contribution in [0.3, 0.4) is 0 Å². The summed E-state index contributed by atoms with van der Waals surface area (Å²) in [6, 6.07) is 5.50. The van der Waals surface area contributed by atoms with E-state index in [9.17, 15) is 14.4 Å². The quantitative estimate of drug-likeness (QED) is 0.384. The van der Waals surface area contributed by atoms with Crippen LogP contribution in [0.1, 0.15) is 64.0 Å². The van der Waals surface area contributed by atoms with E-state index in [1.165, 1.54) is 11.3 Å². The Kier molecular flexibility index (Phi) is 8.51. The second-order valence-corrected chi connectivity index (χ2v) is 13.6. The zero-order valence-electron chi connectivity index (χ0n) is 26.1. The molecule has 0 radical (unpaired) electrons. The third-order valence-corrected chi connectivity index (χ3v) is 10.1. The van der Waals surface area contributed by atoms with Crippen LogP contribution >= 0.6 is 11.3 Å². The molecule has 3 amide bonds. The molecule has 45 heavy (non-hydrogen) atoms. The number of nitrogens with two attached hydrogens (primary N) is 1. The molecule has 2 aliphatic carbocycles. The molecular weight excluding hydrogens is 592 g/mol. The molecule has 0 saturated heterocycles. The van der Waals surface area contributed by atoms with E-state index in [1.807, 2.05) is 35.7 Å². The van der Waals surface area contributed by atoms with E-state index in [0.717, 1.165) is 25.0 Å².